The summed E-state index contributed by atoms with van der Waals surface area (Å²) >= 11 is 0. The number of anilines is 1. The minimum Gasteiger partial charge on any atom is -0.330 e. The minimum atomic E-state index is 0.119. The summed E-state index contributed by atoms with van der Waals surface area (Å²) < 4.78 is 0. The third kappa shape index (κ3) is 1.58. The van der Waals surface area contributed by atoms with Gasteiger partial charge < -0.3 is 10.6 Å². The second kappa shape index (κ2) is 3.71. The van der Waals surface area contributed by atoms with E-state index in [1.54, 1.807) is 23.4 Å². The van der Waals surface area contributed by atoms with E-state index in [1.165, 1.54) is 0 Å². The first kappa shape index (κ1) is 9.08. The van der Waals surface area contributed by atoms with Crippen LogP contribution in [0.5, 0.6) is 0 Å². The van der Waals surface area contributed by atoms with Gasteiger partial charge in [0.05, 0.1) is 18.1 Å². The molecule has 1 fully saturated rings. The van der Waals surface area contributed by atoms with Crippen LogP contribution in [0.3, 0.4) is 0 Å². The van der Waals surface area contributed by atoms with Gasteiger partial charge in [0, 0.05) is 13.0 Å². The highest BCUT2D eigenvalue weighted by Crippen LogP contribution is 2.22. The molecule has 1 atom stereocenters. The average Bonchev–Trinajstić information content (AvgIpc) is 2.61. The van der Waals surface area contributed by atoms with Crippen LogP contribution in [0.15, 0.2) is 18.5 Å². The Kier molecular flexibility index (Phi) is 2.41. The quantitative estimate of drug-likeness (QED) is 0.703. The third-order valence-electron chi connectivity index (χ3n) is 2.42. The Bertz CT molecular complexity index is 327. The molecule has 5 nitrogen and oxygen atoms in total. The second-order valence-electron chi connectivity index (χ2n) is 3.41. The summed E-state index contributed by atoms with van der Waals surface area (Å²) in [5.41, 5.74) is 6.34. The molecule has 1 saturated heterocycles. The fourth-order valence-corrected chi connectivity index (χ4v) is 1.63. The Morgan fingerprint density at radius 3 is 3.00 bits per heavy atom. The normalized spacial score (nSPS) is 21.6. The van der Waals surface area contributed by atoms with Crippen LogP contribution in [0, 0.1) is 5.92 Å². The Labute approximate surface area is 81.9 Å². The van der Waals surface area contributed by atoms with E-state index in [-0.39, 0.29) is 11.8 Å². The third-order valence-corrected chi connectivity index (χ3v) is 2.42. The molecule has 1 aliphatic rings. The van der Waals surface area contributed by atoms with E-state index in [1.807, 2.05) is 0 Å². The zero-order valence-electron chi connectivity index (χ0n) is 7.76. The number of carbonyl (C=O) groups is 1. The van der Waals surface area contributed by atoms with Crippen molar-refractivity contribution in [3.05, 3.63) is 18.5 Å². The van der Waals surface area contributed by atoms with Gasteiger partial charge in [0.15, 0.2) is 0 Å². The van der Waals surface area contributed by atoms with Crippen LogP contribution in [0.1, 0.15) is 6.42 Å². The van der Waals surface area contributed by atoms with Gasteiger partial charge in [-0.05, 0) is 18.5 Å². The van der Waals surface area contributed by atoms with Crippen molar-refractivity contribution in [3.63, 3.8) is 0 Å². The van der Waals surface area contributed by atoms with Crippen molar-refractivity contribution < 1.29 is 4.79 Å². The Morgan fingerprint density at radius 1 is 1.57 bits per heavy atom. The molecule has 0 radical (unpaired) electrons. The number of rotatable bonds is 2. The molecule has 0 aromatic carbocycles. The van der Waals surface area contributed by atoms with Gasteiger partial charge in [-0.3, -0.25) is 4.79 Å². The lowest BCUT2D eigenvalue weighted by Crippen LogP contribution is -2.25. The van der Waals surface area contributed by atoms with Crippen molar-refractivity contribution in [1.82, 2.24) is 10.2 Å². The predicted octanol–water partition coefficient (Wildman–Crippen LogP) is -0.212. The van der Waals surface area contributed by atoms with Crippen LogP contribution in [-0.4, -0.2) is 29.2 Å². The number of aromatic nitrogens is 2. The highest BCUT2D eigenvalue weighted by Gasteiger charge is 2.29. The molecule has 1 amide bonds. The van der Waals surface area contributed by atoms with E-state index >= 15 is 0 Å². The van der Waals surface area contributed by atoms with Crippen LogP contribution in [0.4, 0.5) is 5.69 Å². The molecular formula is C9H12N4O. The minimum absolute atomic E-state index is 0.119. The van der Waals surface area contributed by atoms with E-state index in [4.69, 9.17) is 5.73 Å². The molecule has 0 aliphatic carbocycles. The first-order valence-electron chi connectivity index (χ1n) is 4.58. The maximum Gasteiger partial charge on any atom is 0.227 e. The van der Waals surface area contributed by atoms with Gasteiger partial charge >= 0.3 is 0 Å². The van der Waals surface area contributed by atoms with Crippen LogP contribution >= 0.6 is 0 Å². The lowest BCUT2D eigenvalue weighted by Gasteiger charge is -2.15. The van der Waals surface area contributed by atoms with Crippen LogP contribution in [-0.2, 0) is 4.79 Å². The summed E-state index contributed by atoms with van der Waals surface area (Å²) in [6.45, 7) is 1.25. The van der Waals surface area contributed by atoms with Gasteiger partial charge in [-0.2, -0.15) is 10.2 Å². The standard InChI is InChI=1S/C9H12N4O/c10-4-7-3-9(14)13(6-7)8-1-2-11-12-5-8/h1-2,5,7H,3-4,6,10H2. The van der Waals surface area contributed by atoms with E-state index in [0.717, 1.165) is 5.69 Å². The lowest BCUT2D eigenvalue weighted by atomic mass is 10.1. The highest BCUT2D eigenvalue weighted by molar-refractivity contribution is 5.95. The molecule has 2 N–H and O–H groups in total. The first-order chi connectivity index (χ1) is 6.81. The molecule has 2 heterocycles. The molecule has 1 aromatic heterocycles. The van der Waals surface area contributed by atoms with E-state index < -0.39 is 0 Å². The Balaban J connectivity index is 2.17. The van der Waals surface area contributed by atoms with Crippen molar-refractivity contribution in [2.45, 2.75) is 6.42 Å². The average molecular weight is 192 g/mol. The molecule has 1 aliphatic heterocycles. The molecule has 0 saturated carbocycles. The molecule has 0 bridgehead atoms. The van der Waals surface area contributed by atoms with Crippen LogP contribution in [0.2, 0.25) is 0 Å². The fraction of sp³-hybridized carbons (Fsp3) is 0.444. The number of nitrogens with zero attached hydrogens (tertiary/aromatic N) is 3. The van der Waals surface area contributed by atoms with Crippen molar-refractivity contribution in [2.75, 3.05) is 18.0 Å². The summed E-state index contributed by atoms with van der Waals surface area (Å²) in [5, 5.41) is 7.41. The predicted molar refractivity (Wildman–Crippen MR) is 51.5 cm³/mol. The van der Waals surface area contributed by atoms with Crippen LogP contribution < -0.4 is 10.6 Å². The fourth-order valence-electron chi connectivity index (χ4n) is 1.63. The summed E-state index contributed by atoms with van der Waals surface area (Å²) in [4.78, 5) is 13.3. The number of hydrogen-bond acceptors (Lipinski definition) is 4. The molecule has 14 heavy (non-hydrogen) atoms. The molecule has 5 heteroatoms. The van der Waals surface area contributed by atoms with E-state index in [2.05, 4.69) is 10.2 Å². The van der Waals surface area contributed by atoms with Crippen molar-refractivity contribution in [3.8, 4) is 0 Å². The molecule has 2 rings (SSSR count). The topological polar surface area (TPSA) is 72.1 Å². The number of carbonyl (C=O) groups excluding carboxylic acids is 1. The first-order valence-corrected chi connectivity index (χ1v) is 4.58. The largest absolute Gasteiger partial charge is 0.330 e. The van der Waals surface area contributed by atoms with Crippen molar-refractivity contribution in [1.29, 1.82) is 0 Å². The number of nitrogens with two attached hydrogens (primary N) is 1. The summed E-state index contributed by atoms with van der Waals surface area (Å²) in [6, 6.07) is 1.78. The monoisotopic (exact) mass is 192 g/mol. The van der Waals surface area contributed by atoms with Gasteiger partial charge in [0.2, 0.25) is 5.91 Å². The highest BCUT2D eigenvalue weighted by atomic mass is 16.2. The summed E-state index contributed by atoms with van der Waals surface area (Å²) in [6.07, 6.45) is 3.72. The molecular weight excluding hydrogens is 180 g/mol. The Morgan fingerprint density at radius 2 is 2.43 bits per heavy atom. The summed E-state index contributed by atoms with van der Waals surface area (Å²) in [5.74, 6) is 0.393. The van der Waals surface area contributed by atoms with Gasteiger partial charge in [0.1, 0.15) is 0 Å². The lowest BCUT2D eigenvalue weighted by molar-refractivity contribution is -0.117. The van der Waals surface area contributed by atoms with E-state index in [9.17, 15) is 4.79 Å². The number of hydrogen-bond donors (Lipinski definition) is 1. The maximum atomic E-state index is 11.6. The van der Waals surface area contributed by atoms with Crippen LogP contribution in [0.25, 0.3) is 0 Å². The second-order valence-corrected chi connectivity index (χ2v) is 3.41. The van der Waals surface area contributed by atoms with Gasteiger partial charge in [-0.15, -0.1) is 0 Å². The maximum absolute atomic E-state index is 11.6. The molecule has 0 spiro atoms. The van der Waals surface area contributed by atoms with Gasteiger partial charge in [-0.1, -0.05) is 0 Å². The van der Waals surface area contributed by atoms with Gasteiger partial charge in [-0.25, -0.2) is 0 Å². The smallest absolute Gasteiger partial charge is 0.227 e. The van der Waals surface area contributed by atoms with E-state index in [0.29, 0.717) is 19.5 Å². The zero-order valence-corrected chi connectivity index (χ0v) is 7.76. The van der Waals surface area contributed by atoms with Gasteiger partial charge in [0.25, 0.3) is 0 Å². The molecule has 74 valence electrons. The SMILES string of the molecule is NCC1CC(=O)N(c2ccnnc2)C1. The summed E-state index contributed by atoms with van der Waals surface area (Å²) in [7, 11) is 0. The molecule has 1 aromatic rings. The van der Waals surface area contributed by atoms with Crippen molar-refractivity contribution >= 4 is 11.6 Å². The zero-order chi connectivity index (χ0) is 9.97. The Hall–Kier alpha value is -1.49. The molecule has 1 unspecified atom stereocenters. The number of amides is 1. The van der Waals surface area contributed by atoms with Crippen molar-refractivity contribution in [2.24, 2.45) is 11.7 Å².